The van der Waals surface area contributed by atoms with Crippen molar-refractivity contribution in [3.63, 3.8) is 0 Å². The predicted molar refractivity (Wildman–Crippen MR) is 83.5 cm³/mol. The fourth-order valence-corrected chi connectivity index (χ4v) is 2.87. The number of pyridine rings is 1. The highest BCUT2D eigenvalue weighted by atomic mass is 16.5. The lowest BCUT2D eigenvalue weighted by Crippen LogP contribution is -2.33. The molecule has 0 bridgehead atoms. The van der Waals surface area contributed by atoms with E-state index in [9.17, 15) is 5.11 Å². The Labute approximate surface area is 125 Å². The third kappa shape index (κ3) is 3.52. The van der Waals surface area contributed by atoms with Gasteiger partial charge in [0.1, 0.15) is 6.61 Å². The number of hydrogen-bond acceptors (Lipinski definition) is 4. The van der Waals surface area contributed by atoms with Gasteiger partial charge >= 0.3 is 0 Å². The first-order chi connectivity index (χ1) is 10.4. The van der Waals surface area contributed by atoms with Crippen molar-refractivity contribution in [1.82, 2.24) is 9.88 Å². The van der Waals surface area contributed by atoms with Gasteiger partial charge in [0.05, 0.1) is 6.61 Å². The van der Waals surface area contributed by atoms with Gasteiger partial charge in [-0.3, -0.25) is 4.90 Å². The first-order valence-electron chi connectivity index (χ1n) is 7.70. The van der Waals surface area contributed by atoms with Crippen molar-refractivity contribution in [2.45, 2.75) is 25.9 Å². The van der Waals surface area contributed by atoms with Gasteiger partial charge in [-0.2, -0.15) is 0 Å². The number of fused-ring (bicyclic) bond motifs is 1. The van der Waals surface area contributed by atoms with Crippen LogP contribution in [0.2, 0.25) is 0 Å². The molecule has 0 unspecified atom stereocenters. The molecule has 1 saturated heterocycles. The van der Waals surface area contributed by atoms with Crippen molar-refractivity contribution in [2.24, 2.45) is 0 Å². The second-order valence-corrected chi connectivity index (χ2v) is 5.58. The van der Waals surface area contributed by atoms with Gasteiger partial charge in [-0.1, -0.05) is 12.5 Å². The molecule has 1 aliphatic rings. The van der Waals surface area contributed by atoms with Gasteiger partial charge in [0, 0.05) is 18.1 Å². The summed E-state index contributed by atoms with van der Waals surface area (Å²) in [5, 5.41) is 11.3. The van der Waals surface area contributed by atoms with Gasteiger partial charge in [-0.05, 0) is 55.1 Å². The Balaban J connectivity index is 1.66. The summed E-state index contributed by atoms with van der Waals surface area (Å²) in [6, 6.07) is 7.83. The number of benzene rings is 1. The average molecular weight is 286 g/mol. The number of likely N-dealkylation sites (tertiary alicyclic amines) is 1. The van der Waals surface area contributed by atoms with Crippen molar-refractivity contribution < 1.29 is 9.84 Å². The van der Waals surface area contributed by atoms with Crippen molar-refractivity contribution in [3.05, 3.63) is 36.0 Å². The van der Waals surface area contributed by atoms with Gasteiger partial charge in [0.2, 0.25) is 5.88 Å². The summed E-state index contributed by atoms with van der Waals surface area (Å²) in [4.78, 5) is 6.80. The van der Waals surface area contributed by atoms with Crippen LogP contribution < -0.4 is 4.74 Å². The second-order valence-electron chi connectivity index (χ2n) is 5.58. The highest BCUT2D eigenvalue weighted by molar-refractivity contribution is 5.87. The second kappa shape index (κ2) is 6.87. The topological polar surface area (TPSA) is 45.6 Å². The Morgan fingerprint density at radius 1 is 1.14 bits per heavy atom. The van der Waals surface area contributed by atoms with Crippen LogP contribution in [0.5, 0.6) is 5.88 Å². The molecule has 0 atom stereocenters. The normalized spacial score (nSPS) is 16.2. The monoisotopic (exact) mass is 286 g/mol. The zero-order valence-corrected chi connectivity index (χ0v) is 12.3. The molecular formula is C17H22N2O2. The third-order valence-electron chi connectivity index (χ3n) is 4.07. The summed E-state index contributed by atoms with van der Waals surface area (Å²) in [7, 11) is 0. The lowest BCUT2D eigenvalue weighted by Gasteiger charge is -2.26. The first kappa shape index (κ1) is 14.3. The van der Waals surface area contributed by atoms with Crippen LogP contribution in [0.3, 0.4) is 0 Å². The molecular weight excluding hydrogens is 264 g/mol. The van der Waals surface area contributed by atoms with Crippen molar-refractivity contribution in [3.8, 4) is 5.88 Å². The van der Waals surface area contributed by atoms with Crippen LogP contribution in [0.15, 0.2) is 30.5 Å². The molecule has 0 radical (unpaired) electrons. The number of rotatable bonds is 5. The largest absolute Gasteiger partial charge is 0.476 e. The molecule has 1 fully saturated rings. The minimum atomic E-state index is 0.0589. The molecule has 4 nitrogen and oxygen atoms in total. The third-order valence-corrected chi connectivity index (χ3v) is 4.07. The molecule has 1 aliphatic heterocycles. The summed E-state index contributed by atoms with van der Waals surface area (Å²) in [6.07, 6.45) is 5.72. The van der Waals surface area contributed by atoms with E-state index < -0.39 is 0 Å². The quantitative estimate of drug-likeness (QED) is 0.917. The average Bonchev–Trinajstić information content (AvgIpc) is 2.55. The lowest BCUT2D eigenvalue weighted by atomic mass is 10.1. The van der Waals surface area contributed by atoms with Crippen molar-refractivity contribution in [2.75, 3.05) is 26.2 Å². The van der Waals surface area contributed by atoms with Gasteiger partial charge in [-0.15, -0.1) is 0 Å². The maximum Gasteiger partial charge on any atom is 0.221 e. The Hall–Kier alpha value is -1.65. The predicted octanol–water partition coefficient (Wildman–Crippen LogP) is 2.59. The van der Waals surface area contributed by atoms with Crippen LogP contribution in [0.4, 0.5) is 0 Å². The van der Waals surface area contributed by atoms with E-state index in [0.717, 1.165) is 22.9 Å². The van der Waals surface area contributed by atoms with E-state index in [0.29, 0.717) is 12.5 Å². The minimum Gasteiger partial charge on any atom is -0.476 e. The number of hydrogen-bond donors (Lipinski definition) is 1. The SMILES string of the molecule is OCc1ccc2c(OCCN3CCCCC3)nccc2c1. The van der Waals surface area contributed by atoms with Crippen LogP contribution in [0.25, 0.3) is 10.8 Å². The zero-order chi connectivity index (χ0) is 14.5. The summed E-state index contributed by atoms with van der Waals surface area (Å²) in [5.41, 5.74) is 0.910. The number of piperidine rings is 1. The van der Waals surface area contributed by atoms with E-state index in [1.807, 2.05) is 24.3 Å². The molecule has 0 aliphatic carbocycles. The first-order valence-corrected chi connectivity index (χ1v) is 7.70. The molecule has 1 N–H and O–H groups in total. The van der Waals surface area contributed by atoms with E-state index in [-0.39, 0.29) is 6.61 Å². The van der Waals surface area contributed by atoms with Crippen molar-refractivity contribution >= 4 is 10.8 Å². The van der Waals surface area contributed by atoms with Crippen LogP contribution >= 0.6 is 0 Å². The Kier molecular flexibility index (Phi) is 4.68. The molecule has 0 amide bonds. The number of nitrogens with zero attached hydrogens (tertiary/aromatic N) is 2. The maximum absolute atomic E-state index is 9.20. The highest BCUT2D eigenvalue weighted by Gasteiger charge is 2.10. The summed E-state index contributed by atoms with van der Waals surface area (Å²) in [5.74, 6) is 0.689. The van der Waals surface area contributed by atoms with Crippen LogP contribution in [0, 0.1) is 0 Å². The molecule has 112 valence electrons. The lowest BCUT2D eigenvalue weighted by molar-refractivity contribution is 0.181. The maximum atomic E-state index is 9.20. The number of aromatic nitrogens is 1. The highest BCUT2D eigenvalue weighted by Crippen LogP contribution is 2.24. The molecule has 2 heterocycles. The number of aliphatic hydroxyl groups excluding tert-OH is 1. The molecule has 0 saturated carbocycles. The Bertz CT molecular complexity index is 594. The van der Waals surface area contributed by atoms with E-state index in [1.54, 1.807) is 6.20 Å². The van der Waals surface area contributed by atoms with Gasteiger partial charge in [0.25, 0.3) is 0 Å². The summed E-state index contributed by atoms with van der Waals surface area (Å²) >= 11 is 0. The van der Waals surface area contributed by atoms with Gasteiger partial charge in [0.15, 0.2) is 0 Å². The van der Waals surface area contributed by atoms with Crippen molar-refractivity contribution in [1.29, 1.82) is 0 Å². The smallest absolute Gasteiger partial charge is 0.221 e. The van der Waals surface area contributed by atoms with E-state index in [2.05, 4.69) is 9.88 Å². The molecule has 1 aromatic heterocycles. The molecule has 1 aromatic carbocycles. The summed E-state index contributed by atoms with van der Waals surface area (Å²) in [6.45, 7) is 4.07. The Morgan fingerprint density at radius 2 is 2.00 bits per heavy atom. The van der Waals surface area contributed by atoms with Crippen LogP contribution in [-0.2, 0) is 6.61 Å². The van der Waals surface area contributed by atoms with Gasteiger partial charge < -0.3 is 9.84 Å². The van der Waals surface area contributed by atoms with Crippen LogP contribution in [0.1, 0.15) is 24.8 Å². The molecule has 4 heteroatoms. The van der Waals surface area contributed by atoms with E-state index in [4.69, 9.17) is 4.74 Å². The zero-order valence-electron chi connectivity index (χ0n) is 12.3. The summed E-state index contributed by atoms with van der Waals surface area (Å²) < 4.78 is 5.88. The van der Waals surface area contributed by atoms with Crippen LogP contribution in [-0.4, -0.2) is 41.2 Å². The fraction of sp³-hybridized carbons (Fsp3) is 0.471. The van der Waals surface area contributed by atoms with Gasteiger partial charge in [-0.25, -0.2) is 4.98 Å². The standard InChI is InChI=1S/C17H22N2O2/c20-13-14-4-5-16-15(12-14)6-7-18-17(16)21-11-10-19-8-2-1-3-9-19/h4-7,12,20H,1-3,8-11,13H2. The van der Waals surface area contributed by atoms with E-state index in [1.165, 1.54) is 32.4 Å². The molecule has 2 aromatic rings. The molecule has 21 heavy (non-hydrogen) atoms. The minimum absolute atomic E-state index is 0.0589. The number of ether oxygens (including phenoxy) is 1. The van der Waals surface area contributed by atoms with E-state index >= 15 is 0 Å². The fourth-order valence-electron chi connectivity index (χ4n) is 2.87. The molecule has 0 spiro atoms. The Morgan fingerprint density at radius 3 is 2.81 bits per heavy atom. The molecule has 3 rings (SSSR count). The number of aliphatic hydroxyl groups is 1.